The maximum Gasteiger partial charge on any atom is 0.251 e. The molecule has 0 aliphatic carbocycles. The van der Waals surface area contributed by atoms with Gasteiger partial charge in [0, 0.05) is 61.5 Å². The first-order valence-electron chi connectivity index (χ1n) is 29.4. The van der Waals surface area contributed by atoms with Gasteiger partial charge in [-0.25, -0.2) is 0 Å². The minimum Gasteiger partial charge on any atom is -0.504 e. The van der Waals surface area contributed by atoms with Crippen LogP contribution in [-0.2, 0) is 35.2 Å². The Balaban J connectivity index is 1.07. The zero-order chi connectivity index (χ0) is 64.2. The van der Waals surface area contributed by atoms with E-state index in [2.05, 4.69) is 36.8 Å². The fourth-order valence-electron chi connectivity index (χ4n) is 10.9. The molecule has 27 nitrogen and oxygen atoms in total. The molecule has 7 amide bonds. The van der Waals surface area contributed by atoms with Gasteiger partial charge in [0.1, 0.15) is 52.0 Å². The molecule has 4 heterocycles. The van der Waals surface area contributed by atoms with Crippen LogP contribution >= 0.6 is 11.3 Å². The Hall–Kier alpha value is -8.19. The van der Waals surface area contributed by atoms with Gasteiger partial charge in [-0.05, 0) is 92.9 Å². The first-order chi connectivity index (χ1) is 42.6. The van der Waals surface area contributed by atoms with Crippen LogP contribution in [0.1, 0.15) is 62.4 Å². The van der Waals surface area contributed by atoms with Crippen molar-refractivity contribution in [2.45, 2.75) is 126 Å². The first-order valence-corrected chi connectivity index (χ1v) is 30.2. The van der Waals surface area contributed by atoms with Crippen LogP contribution in [0.2, 0.25) is 0 Å². The van der Waals surface area contributed by atoms with E-state index in [4.69, 9.17) is 20.9 Å². The van der Waals surface area contributed by atoms with Crippen LogP contribution < -0.4 is 47.5 Å². The Bertz CT molecular complexity index is 3280. The van der Waals surface area contributed by atoms with Crippen LogP contribution in [0.25, 0.3) is 32.3 Å². The maximum atomic E-state index is 14.7. The molecule has 0 radical (unpaired) electrons. The SMILES string of the molecule is CCOc1ccc(-c2ccc(-c3nnc(-c4ccc(C(=O)NC5C[C@@H](O)CNC(=O)[C@@H]6[C@@H](O)[C@@H](C)CN6C(=O)[C@H]([C@H](O)CCN)NC(=O)[C@H]([C@H](O)Cc6ccc(O)c(OCCCN)c6)NC(=O)[C@@H]6C[C@@H](O)CN6C(=O)[C@H]([C@@H](C)O)NC5=O)cc4)s3)cc2)cc1. The number of carbonyl (C=O) groups excluding carboxylic acids is 7. The van der Waals surface area contributed by atoms with E-state index in [0.717, 1.165) is 39.2 Å². The van der Waals surface area contributed by atoms with E-state index in [1.54, 1.807) is 12.1 Å². The van der Waals surface area contributed by atoms with Crippen molar-refractivity contribution in [3.63, 3.8) is 0 Å². The molecule has 0 spiro atoms. The minimum absolute atomic E-state index is 0.00250. The number of carbonyl (C=O) groups is 7. The summed E-state index contributed by atoms with van der Waals surface area (Å²) in [5.41, 5.74) is 15.1. The Kier molecular flexibility index (Phi) is 22.8. The smallest absolute Gasteiger partial charge is 0.251 e. The van der Waals surface area contributed by atoms with Crippen molar-refractivity contribution >= 4 is 52.7 Å². The third-order valence-corrected chi connectivity index (χ3v) is 16.8. The summed E-state index contributed by atoms with van der Waals surface area (Å²) in [4.78, 5) is 103. The number of nitrogens with one attached hydrogen (secondary N) is 5. The zero-order valence-electron chi connectivity index (χ0n) is 49.3. The van der Waals surface area contributed by atoms with Crippen LogP contribution in [0.3, 0.4) is 0 Å². The predicted molar refractivity (Wildman–Crippen MR) is 323 cm³/mol. The van der Waals surface area contributed by atoms with Gasteiger partial charge in [0.25, 0.3) is 5.91 Å². The highest BCUT2D eigenvalue weighted by Gasteiger charge is 2.50. The highest BCUT2D eigenvalue weighted by Crippen LogP contribution is 2.33. The fraction of sp³-hybridized carbons (Fsp3) is 0.459. The molecule has 1 unspecified atom stereocenters. The van der Waals surface area contributed by atoms with Gasteiger partial charge in [-0.2, -0.15) is 0 Å². The molecule has 3 aliphatic heterocycles. The molecule has 0 bridgehead atoms. The van der Waals surface area contributed by atoms with Crippen molar-refractivity contribution in [2.75, 3.05) is 45.9 Å². The molecule has 3 fully saturated rings. The number of aromatic nitrogens is 2. The van der Waals surface area contributed by atoms with Gasteiger partial charge in [-0.15, -0.1) is 10.2 Å². The van der Waals surface area contributed by atoms with Crippen molar-refractivity contribution in [2.24, 2.45) is 17.4 Å². The lowest BCUT2D eigenvalue weighted by Crippen LogP contribution is -2.64. The number of aliphatic hydroxyl groups excluding tert-OH is 6. The summed E-state index contributed by atoms with van der Waals surface area (Å²) in [5, 5.41) is 101. The summed E-state index contributed by atoms with van der Waals surface area (Å²) in [6.07, 6.45) is -11.4. The average Bonchev–Trinajstić information content (AvgIpc) is 2.60. The molecule has 3 aliphatic rings. The van der Waals surface area contributed by atoms with Crippen LogP contribution in [0.4, 0.5) is 0 Å². The van der Waals surface area contributed by atoms with Crippen molar-refractivity contribution in [1.82, 2.24) is 46.6 Å². The maximum absolute atomic E-state index is 14.7. The number of phenolic OH excluding ortho intramolecular Hbond substituents is 1. The second-order valence-electron chi connectivity index (χ2n) is 22.4. The molecular formula is C61H77N11O16S. The standard InChI is InChI=1S/C61H77N11O16S/c1-4-87-41-17-15-35(16-18-41)34-7-11-37(12-8-34)58-69-70-59(89-58)38-13-9-36(10-14-38)53(80)65-42-26-39(74)28-64-57(84)51-52(79)31(2)29-72(51)61(86)50(45(77)20-22-63)68-56(83)49(46(78)24-33-6-19-44(76)47(25-33)88-23-5-21-62)67-55(82)43-27-40(75)30-71(43)60(85)48(32(3)73)66-54(42)81/h6-19,25,31-32,39-40,42-43,45-46,48-52,73-79H,4-5,20-24,26-30,62-63H2,1-3H3,(H,64,84)(H,65,80)(H,66,81)(H,67,82)(H,68,83)/t31-,32+,39+,40+,42?,43-,45+,46+,48-,49-,50-,51-,52-/m0/s1. The number of aliphatic hydroxyl groups is 6. The number of nitrogens with two attached hydrogens (primary N) is 2. The molecule has 4 aromatic carbocycles. The van der Waals surface area contributed by atoms with E-state index in [0.29, 0.717) is 28.6 Å². The van der Waals surface area contributed by atoms with Gasteiger partial charge in [-0.1, -0.05) is 72.9 Å². The molecule has 5 aromatic rings. The van der Waals surface area contributed by atoms with E-state index in [-0.39, 0.29) is 55.3 Å². The molecular weight excluding hydrogens is 1170 g/mol. The number of hydrogen-bond acceptors (Lipinski definition) is 21. The molecule has 0 saturated carbocycles. The molecule has 89 heavy (non-hydrogen) atoms. The number of rotatable bonds is 18. The topological polar surface area (TPSA) is 424 Å². The molecule has 16 N–H and O–H groups in total. The number of β-amino-alcohol motifs (C(OH)–C–C–N with tert-alkyl or cyclic N) is 1. The lowest BCUT2D eigenvalue weighted by molar-refractivity contribution is -0.147. The van der Waals surface area contributed by atoms with Crippen LogP contribution in [0, 0.1) is 5.92 Å². The van der Waals surface area contributed by atoms with Gasteiger partial charge >= 0.3 is 0 Å². The van der Waals surface area contributed by atoms with Gasteiger partial charge in [-0.3, -0.25) is 33.6 Å². The number of ether oxygens (including phenoxy) is 2. The van der Waals surface area contributed by atoms with Crippen molar-refractivity contribution in [1.29, 1.82) is 0 Å². The normalized spacial score (nSPS) is 25.1. The van der Waals surface area contributed by atoms with E-state index < -0.39 is 152 Å². The summed E-state index contributed by atoms with van der Waals surface area (Å²) in [6.45, 7) is 3.86. The first kappa shape index (κ1) is 66.8. The molecule has 28 heteroatoms. The highest BCUT2D eigenvalue weighted by molar-refractivity contribution is 7.17. The van der Waals surface area contributed by atoms with Gasteiger partial charge in [0.15, 0.2) is 11.5 Å². The molecule has 1 aromatic heterocycles. The summed E-state index contributed by atoms with van der Waals surface area (Å²) in [7, 11) is 0. The third-order valence-electron chi connectivity index (χ3n) is 15.7. The molecule has 3 saturated heterocycles. The molecule has 8 rings (SSSR count). The minimum atomic E-state index is -2.04. The van der Waals surface area contributed by atoms with Crippen molar-refractivity contribution < 1.29 is 78.8 Å². The van der Waals surface area contributed by atoms with Gasteiger partial charge < -0.3 is 93.1 Å². The second-order valence-corrected chi connectivity index (χ2v) is 23.4. The Morgan fingerprint density at radius 1 is 0.708 bits per heavy atom. The third kappa shape index (κ3) is 16.4. The number of aromatic hydroxyl groups is 1. The lowest BCUT2D eigenvalue weighted by Gasteiger charge is -2.34. The Morgan fingerprint density at radius 2 is 1.31 bits per heavy atom. The van der Waals surface area contributed by atoms with E-state index in [9.17, 15) is 69.3 Å². The van der Waals surface area contributed by atoms with Crippen molar-refractivity contribution in [3.8, 4) is 49.5 Å². The molecule has 478 valence electrons. The zero-order valence-corrected chi connectivity index (χ0v) is 50.1. The summed E-state index contributed by atoms with van der Waals surface area (Å²) in [5.74, 6) is -7.83. The summed E-state index contributed by atoms with van der Waals surface area (Å²) in [6, 6.07) is 14.8. The average molecular weight is 1250 g/mol. The number of amides is 7. The number of nitrogens with zero attached hydrogens (tertiary/aromatic N) is 4. The largest absolute Gasteiger partial charge is 0.504 e. The number of fused-ring (bicyclic) bond motifs is 2. The van der Waals surface area contributed by atoms with Crippen molar-refractivity contribution in [3.05, 3.63) is 102 Å². The quantitative estimate of drug-likeness (QED) is 0.0452. The lowest BCUT2D eigenvalue weighted by atomic mass is 9.98. The molecule has 13 atom stereocenters. The number of hydrogen-bond donors (Lipinski definition) is 14. The van der Waals surface area contributed by atoms with Crippen LogP contribution in [0.5, 0.6) is 17.2 Å². The second kappa shape index (κ2) is 30.3. The van der Waals surface area contributed by atoms with Gasteiger partial charge in [0.2, 0.25) is 35.4 Å². The van der Waals surface area contributed by atoms with Crippen LogP contribution in [-0.4, -0.2) is 216 Å². The Labute approximate surface area is 516 Å². The predicted octanol–water partition coefficient (Wildman–Crippen LogP) is -1.33. The number of phenols is 1. The highest BCUT2D eigenvalue weighted by atomic mass is 32.1. The van der Waals surface area contributed by atoms with Gasteiger partial charge in [0.05, 0.1) is 49.8 Å². The van der Waals surface area contributed by atoms with E-state index in [1.165, 1.54) is 48.6 Å². The van der Waals surface area contributed by atoms with Crippen LogP contribution in [0.15, 0.2) is 91.0 Å². The fourth-order valence-corrected chi connectivity index (χ4v) is 11.7. The summed E-state index contributed by atoms with van der Waals surface area (Å²) >= 11 is 1.31. The number of benzene rings is 4. The summed E-state index contributed by atoms with van der Waals surface area (Å²) < 4.78 is 11.2. The van der Waals surface area contributed by atoms with E-state index >= 15 is 0 Å². The monoisotopic (exact) mass is 1250 g/mol. The van der Waals surface area contributed by atoms with E-state index in [1.807, 2.05) is 55.5 Å². The Morgan fingerprint density at radius 3 is 1.94 bits per heavy atom.